The number of aromatic nitrogens is 2. The Bertz CT molecular complexity index is 755. The summed E-state index contributed by atoms with van der Waals surface area (Å²) < 4.78 is 0. The molecule has 6 heteroatoms. The highest BCUT2D eigenvalue weighted by atomic mass is 16.4. The molecule has 0 saturated carbocycles. The molecule has 1 aliphatic rings. The van der Waals surface area contributed by atoms with Gasteiger partial charge in [-0.2, -0.15) is 0 Å². The molecule has 1 aromatic heterocycles. The Balaban J connectivity index is 1.78. The quantitative estimate of drug-likeness (QED) is 0.869. The van der Waals surface area contributed by atoms with Gasteiger partial charge >= 0.3 is 5.97 Å². The number of hydrogen-bond donors (Lipinski definition) is 2. The van der Waals surface area contributed by atoms with Crippen LogP contribution in [0.3, 0.4) is 0 Å². The van der Waals surface area contributed by atoms with Gasteiger partial charge in [0.15, 0.2) is 0 Å². The second kappa shape index (κ2) is 7.51. The van der Waals surface area contributed by atoms with E-state index in [1.165, 1.54) is 5.56 Å². The van der Waals surface area contributed by atoms with E-state index in [4.69, 9.17) is 5.11 Å². The molecule has 1 saturated heterocycles. The molecule has 0 spiro atoms. The van der Waals surface area contributed by atoms with Crippen molar-refractivity contribution in [2.45, 2.75) is 33.1 Å². The van der Waals surface area contributed by atoms with Crippen LogP contribution in [0, 0.1) is 12.8 Å². The summed E-state index contributed by atoms with van der Waals surface area (Å²) in [6.45, 7) is 5.42. The predicted octanol–water partition coefficient (Wildman–Crippen LogP) is 3.39. The number of hydrogen-bond acceptors (Lipinski definition) is 5. The minimum atomic E-state index is -0.697. The van der Waals surface area contributed by atoms with Crippen molar-refractivity contribution in [3.8, 4) is 0 Å². The number of carbonyl (C=O) groups is 1. The first-order valence-corrected chi connectivity index (χ1v) is 8.75. The van der Waals surface area contributed by atoms with Gasteiger partial charge in [0, 0.05) is 24.8 Å². The van der Waals surface area contributed by atoms with Crippen molar-refractivity contribution in [3.63, 3.8) is 0 Å². The fraction of sp³-hybridized carbons (Fsp3) is 0.421. The summed E-state index contributed by atoms with van der Waals surface area (Å²) in [6, 6.07) is 10.1. The van der Waals surface area contributed by atoms with Gasteiger partial charge in [0.05, 0.1) is 5.92 Å². The summed E-state index contributed by atoms with van der Waals surface area (Å²) in [4.78, 5) is 22.3. The van der Waals surface area contributed by atoms with Crippen LogP contribution in [-0.4, -0.2) is 34.1 Å². The van der Waals surface area contributed by atoms with Crippen molar-refractivity contribution in [2.24, 2.45) is 5.92 Å². The SMILES string of the molecule is CCc1ccccc1Nc1cc(N2CCC(C(=O)O)CC2)nc(C)n1. The summed E-state index contributed by atoms with van der Waals surface area (Å²) in [5, 5.41) is 12.5. The van der Waals surface area contributed by atoms with Gasteiger partial charge in [-0.15, -0.1) is 0 Å². The third-order valence-electron chi connectivity index (χ3n) is 4.65. The van der Waals surface area contributed by atoms with Crippen molar-refractivity contribution in [2.75, 3.05) is 23.3 Å². The molecule has 6 nitrogen and oxygen atoms in total. The molecular weight excluding hydrogens is 316 g/mol. The first kappa shape index (κ1) is 17.2. The summed E-state index contributed by atoms with van der Waals surface area (Å²) in [6.07, 6.45) is 2.25. The fourth-order valence-electron chi connectivity index (χ4n) is 3.22. The van der Waals surface area contributed by atoms with Gasteiger partial charge in [-0.1, -0.05) is 25.1 Å². The van der Waals surface area contributed by atoms with E-state index in [2.05, 4.69) is 33.2 Å². The van der Waals surface area contributed by atoms with Crippen molar-refractivity contribution < 1.29 is 9.90 Å². The number of benzene rings is 1. The smallest absolute Gasteiger partial charge is 0.306 e. The molecule has 1 aliphatic heterocycles. The summed E-state index contributed by atoms with van der Waals surface area (Å²) in [5.41, 5.74) is 2.29. The average Bonchev–Trinajstić information content (AvgIpc) is 2.62. The van der Waals surface area contributed by atoms with Gasteiger partial charge in [0.1, 0.15) is 17.5 Å². The molecule has 25 heavy (non-hydrogen) atoms. The average molecular weight is 340 g/mol. The maximum Gasteiger partial charge on any atom is 0.306 e. The Kier molecular flexibility index (Phi) is 5.16. The van der Waals surface area contributed by atoms with Crippen LogP contribution < -0.4 is 10.2 Å². The Morgan fingerprint density at radius 1 is 1.28 bits per heavy atom. The van der Waals surface area contributed by atoms with Crippen molar-refractivity contribution in [1.82, 2.24) is 9.97 Å². The molecule has 2 heterocycles. The van der Waals surface area contributed by atoms with Crippen LogP contribution >= 0.6 is 0 Å². The first-order chi connectivity index (χ1) is 12.1. The van der Waals surface area contributed by atoms with Crippen LogP contribution in [0.4, 0.5) is 17.3 Å². The normalized spacial score (nSPS) is 15.2. The van der Waals surface area contributed by atoms with E-state index in [1.54, 1.807) is 0 Å². The molecule has 0 radical (unpaired) electrons. The van der Waals surface area contributed by atoms with Crippen molar-refractivity contribution in [3.05, 3.63) is 41.7 Å². The molecule has 0 atom stereocenters. The molecule has 3 rings (SSSR count). The van der Waals surface area contributed by atoms with E-state index >= 15 is 0 Å². The lowest BCUT2D eigenvalue weighted by Crippen LogP contribution is -2.36. The molecule has 132 valence electrons. The molecule has 0 amide bonds. The second-order valence-electron chi connectivity index (χ2n) is 6.39. The van der Waals surface area contributed by atoms with Crippen LogP contribution in [0.15, 0.2) is 30.3 Å². The van der Waals surface area contributed by atoms with E-state index in [-0.39, 0.29) is 5.92 Å². The Hall–Kier alpha value is -2.63. The van der Waals surface area contributed by atoms with Gasteiger partial charge in [0.25, 0.3) is 0 Å². The van der Waals surface area contributed by atoms with E-state index < -0.39 is 5.97 Å². The van der Waals surface area contributed by atoms with Gasteiger partial charge in [-0.3, -0.25) is 4.79 Å². The van der Waals surface area contributed by atoms with E-state index in [1.807, 2.05) is 31.2 Å². The van der Waals surface area contributed by atoms with Crippen molar-refractivity contribution >= 4 is 23.3 Å². The van der Waals surface area contributed by atoms with Gasteiger partial charge in [-0.25, -0.2) is 9.97 Å². The fourth-order valence-corrected chi connectivity index (χ4v) is 3.22. The predicted molar refractivity (Wildman–Crippen MR) is 98.4 cm³/mol. The number of para-hydroxylation sites is 1. The lowest BCUT2D eigenvalue weighted by atomic mass is 9.97. The van der Waals surface area contributed by atoms with Crippen LogP contribution in [0.25, 0.3) is 0 Å². The third kappa shape index (κ3) is 4.07. The number of nitrogens with one attached hydrogen (secondary N) is 1. The largest absolute Gasteiger partial charge is 0.481 e. The molecule has 2 aromatic rings. The minimum Gasteiger partial charge on any atom is -0.481 e. The highest BCUT2D eigenvalue weighted by molar-refractivity contribution is 5.70. The highest BCUT2D eigenvalue weighted by Gasteiger charge is 2.25. The molecule has 0 unspecified atom stereocenters. The number of carboxylic acids is 1. The zero-order valence-electron chi connectivity index (χ0n) is 14.7. The van der Waals surface area contributed by atoms with Crippen LogP contribution in [-0.2, 0) is 11.2 Å². The maximum atomic E-state index is 11.1. The Labute approximate surface area is 147 Å². The lowest BCUT2D eigenvalue weighted by Gasteiger charge is -2.31. The number of piperidine rings is 1. The Morgan fingerprint density at radius 3 is 2.68 bits per heavy atom. The van der Waals surface area contributed by atoms with Crippen LogP contribution in [0.2, 0.25) is 0 Å². The molecule has 1 aromatic carbocycles. The number of rotatable bonds is 5. The number of anilines is 3. The summed E-state index contributed by atoms with van der Waals surface area (Å²) >= 11 is 0. The van der Waals surface area contributed by atoms with E-state index in [0.29, 0.717) is 31.8 Å². The van der Waals surface area contributed by atoms with Crippen LogP contribution in [0.5, 0.6) is 0 Å². The maximum absolute atomic E-state index is 11.1. The number of aliphatic carboxylic acids is 1. The molecule has 0 aliphatic carbocycles. The molecule has 1 fully saturated rings. The second-order valence-corrected chi connectivity index (χ2v) is 6.39. The molecule has 0 bridgehead atoms. The van der Waals surface area contributed by atoms with Crippen LogP contribution in [0.1, 0.15) is 31.2 Å². The number of aryl methyl sites for hydroxylation is 2. The summed E-state index contributed by atoms with van der Waals surface area (Å²) in [7, 11) is 0. The zero-order valence-corrected chi connectivity index (χ0v) is 14.7. The first-order valence-electron chi connectivity index (χ1n) is 8.75. The topological polar surface area (TPSA) is 78.4 Å². The Morgan fingerprint density at radius 2 is 2.00 bits per heavy atom. The third-order valence-corrected chi connectivity index (χ3v) is 4.65. The van der Waals surface area contributed by atoms with E-state index in [9.17, 15) is 4.79 Å². The highest BCUT2D eigenvalue weighted by Crippen LogP contribution is 2.26. The number of nitrogens with zero attached hydrogens (tertiary/aromatic N) is 3. The summed E-state index contributed by atoms with van der Waals surface area (Å²) in [5.74, 6) is 1.39. The van der Waals surface area contributed by atoms with Gasteiger partial charge < -0.3 is 15.3 Å². The van der Waals surface area contributed by atoms with E-state index in [0.717, 1.165) is 23.7 Å². The lowest BCUT2D eigenvalue weighted by molar-refractivity contribution is -0.142. The standard InChI is InChI=1S/C19H24N4O2/c1-3-14-6-4-5-7-16(14)22-17-12-18(21-13(2)20-17)23-10-8-15(9-11-23)19(24)25/h4-7,12,15H,3,8-11H2,1-2H3,(H,24,25)(H,20,21,22). The minimum absolute atomic E-state index is 0.242. The van der Waals surface area contributed by atoms with Gasteiger partial charge in [0.2, 0.25) is 0 Å². The zero-order chi connectivity index (χ0) is 17.8. The number of carboxylic acid groups (broad SMARTS) is 1. The van der Waals surface area contributed by atoms with Crippen molar-refractivity contribution in [1.29, 1.82) is 0 Å². The molecular formula is C19H24N4O2. The monoisotopic (exact) mass is 340 g/mol. The molecule has 2 N–H and O–H groups in total. The van der Waals surface area contributed by atoms with Gasteiger partial charge in [-0.05, 0) is 37.8 Å².